The molecule has 30 heavy (non-hydrogen) atoms. The summed E-state index contributed by atoms with van der Waals surface area (Å²) >= 11 is 1.70. The fourth-order valence-electron chi connectivity index (χ4n) is 2.49. The van der Waals surface area contributed by atoms with E-state index in [0.717, 1.165) is 10.1 Å². The average molecular weight is 447 g/mol. The molecule has 0 atom stereocenters. The van der Waals surface area contributed by atoms with Crippen molar-refractivity contribution in [3.63, 3.8) is 0 Å². The van der Waals surface area contributed by atoms with E-state index in [1.54, 1.807) is 23.9 Å². The minimum Gasteiger partial charge on any atom is -0.403 e. The minimum absolute atomic E-state index is 0.00991. The van der Waals surface area contributed by atoms with Crippen LogP contribution in [0.15, 0.2) is 68.8 Å². The van der Waals surface area contributed by atoms with E-state index in [9.17, 15) is 13.2 Å². The Balaban J connectivity index is 1.51. The zero-order chi connectivity index (χ0) is 21.6. The molecule has 8 nitrogen and oxygen atoms in total. The van der Waals surface area contributed by atoms with E-state index in [2.05, 4.69) is 15.5 Å². The van der Waals surface area contributed by atoms with E-state index < -0.39 is 10.0 Å². The molecule has 3 aromatic rings. The molecule has 1 amide bonds. The molecule has 1 heterocycles. The Morgan fingerprint density at radius 2 is 1.77 bits per heavy atom. The predicted octanol–water partition coefficient (Wildman–Crippen LogP) is 3.50. The van der Waals surface area contributed by atoms with Gasteiger partial charge in [-0.1, -0.05) is 23.3 Å². The van der Waals surface area contributed by atoms with Crippen LogP contribution < -0.4 is 5.32 Å². The highest BCUT2D eigenvalue weighted by molar-refractivity contribution is 7.99. The molecule has 0 saturated carbocycles. The molecule has 0 fully saturated rings. The van der Waals surface area contributed by atoms with Crippen molar-refractivity contribution in [2.24, 2.45) is 0 Å². The number of carbonyl (C=O) groups excluding carboxylic acids is 1. The average Bonchev–Trinajstić information content (AvgIpc) is 3.20. The van der Waals surface area contributed by atoms with Crippen LogP contribution in [0.5, 0.6) is 0 Å². The van der Waals surface area contributed by atoms with E-state index >= 15 is 0 Å². The number of aromatic nitrogens is 2. The van der Waals surface area contributed by atoms with Crippen molar-refractivity contribution < 1.29 is 17.6 Å². The zero-order valence-electron chi connectivity index (χ0n) is 16.6. The van der Waals surface area contributed by atoms with Crippen LogP contribution in [0.25, 0.3) is 11.5 Å². The number of carbonyl (C=O) groups is 1. The van der Waals surface area contributed by atoms with Crippen molar-refractivity contribution in [3.8, 4) is 11.5 Å². The quantitative estimate of drug-likeness (QED) is 0.396. The van der Waals surface area contributed by atoms with Crippen LogP contribution in [0.1, 0.15) is 12.8 Å². The first-order chi connectivity index (χ1) is 14.4. The predicted molar refractivity (Wildman–Crippen MR) is 116 cm³/mol. The van der Waals surface area contributed by atoms with Gasteiger partial charge in [-0.3, -0.25) is 10.1 Å². The Kier molecular flexibility index (Phi) is 7.24. The molecule has 3 rings (SSSR count). The van der Waals surface area contributed by atoms with Crippen molar-refractivity contribution in [3.05, 3.63) is 54.6 Å². The molecule has 0 aliphatic rings. The Bertz CT molecular complexity index is 1080. The molecule has 0 saturated heterocycles. The summed E-state index contributed by atoms with van der Waals surface area (Å²) < 4.78 is 30.8. The maximum absolute atomic E-state index is 12.1. The zero-order valence-corrected chi connectivity index (χ0v) is 18.2. The van der Waals surface area contributed by atoms with Crippen LogP contribution in [0.2, 0.25) is 0 Å². The lowest BCUT2D eigenvalue weighted by Gasteiger charge is -2.11. The molecule has 0 spiro atoms. The fourth-order valence-corrected chi connectivity index (χ4v) is 4.27. The van der Waals surface area contributed by atoms with Crippen LogP contribution in [-0.4, -0.2) is 48.7 Å². The second-order valence-corrected chi connectivity index (χ2v) is 9.86. The minimum atomic E-state index is -3.51. The molecule has 0 unspecified atom stereocenters. The van der Waals surface area contributed by atoms with Gasteiger partial charge in [-0.05, 0) is 48.6 Å². The number of sulfonamides is 1. The lowest BCUT2D eigenvalue weighted by atomic mass is 10.2. The summed E-state index contributed by atoms with van der Waals surface area (Å²) in [5.74, 6) is 0.819. The highest BCUT2D eigenvalue weighted by atomic mass is 32.2. The van der Waals surface area contributed by atoms with Crippen molar-refractivity contribution in [2.45, 2.75) is 22.6 Å². The Morgan fingerprint density at radius 3 is 2.43 bits per heavy atom. The van der Waals surface area contributed by atoms with Gasteiger partial charge in [0.1, 0.15) is 0 Å². The Hall–Kier alpha value is -2.69. The van der Waals surface area contributed by atoms with Crippen LogP contribution in [0.3, 0.4) is 0 Å². The van der Waals surface area contributed by atoms with Gasteiger partial charge < -0.3 is 4.42 Å². The molecular weight excluding hydrogens is 424 g/mol. The molecule has 0 aliphatic heterocycles. The summed E-state index contributed by atoms with van der Waals surface area (Å²) in [6.07, 6.45) is 1.06. The number of benzene rings is 2. The maximum Gasteiger partial charge on any atom is 0.322 e. The van der Waals surface area contributed by atoms with E-state index in [-0.39, 0.29) is 22.7 Å². The van der Waals surface area contributed by atoms with Crippen LogP contribution >= 0.6 is 11.8 Å². The van der Waals surface area contributed by atoms with Gasteiger partial charge in [-0.25, -0.2) is 12.7 Å². The van der Waals surface area contributed by atoms with Crippen molar-refractivity contribution in [2.75, 3.05) is 25.2 Å². The number of amides is 1. The summed E-state index contributed by atoms with van der Waals surface area (Å²) in [6.45, 7) is 0. The topological polar surface area (TPSA) is 105 Å². The lowest BCUT2D eigenvalue weighted by Crippen LogP contribution is -2.22. The lowest BCUT2D eigenvalue weighted by molar-refractivity contribution is -0.116. The summed E-state index contributed by atoms with van der Waals surface area (Å²) in [7, 11) is -0.570. The van der Waals surface area contributed by atoms with E-state index in [0.29, 0.717) is 18.4 Å². The normalized spacial score (nSPS) is 11.6. The SMILES string of the molecule is CN(C)S(=O)(=O)c1ccc(-c2nnc(NC(=O)CCCSc3ccccc3)o2)cc1. The van der Waals surface area contributed by atoms with E-state index in [4.69, 9.17) is 4.42 Å². The Labute approximate surface area is 179 Å². The number of thioether (sulfide) groups is 1. The van der Waals surface area contributed by atoms with Gasteiger partial charge in [0.15, 0.2) is 0 Å². The van der Waals surface area contributed by atoms with Gasteiger partial charge in [-0.15, -0.1) is 16.9 Å². The molecule has 10 heteroatoms. The first-order valence-corrected chi connectivity index (χ1v) is 11.6. The summed E-state index contributed by atoms with van der Waals surface area (Å²) in [5.41, 5.74) is 0.556. The smallest absolute Gasteiger partial charge is 0.322 e. The number of rotatable bonds is 9. The molecule has 1 N–H and O–H groups in total. The van der Waals surface area contributed by atoms with Crippen LogP contribution in [0.4, 0.5) is 6.01 Å². The van der Waals surface area contributed by atoms with Gasteiger partial charge >= 0.3 is 6.01 Å². The van der Waals surface area contributed by atoms with Gasteiger partial charge in [0.25, 0.3) is 0 Å². The standard InChI is InChI=1S/C20H22N4O4S2/c1-24(2)30(26,27)17-12-10-15(11-13-17)19-22-23-20(28-19)21-18(25)9-6-14-29-16-7-4-3-5-8-16/h3-5,7-8,10-13H,6,9,14H2,1-2H3,(H,21,23,25). The first kappa shape index (κ1) is 22.0. The third-order valence-corrected chi connectivity index (χ3v) is 7.04. The molecular formula is C20H22N4O4S2. The van der Waals surface area contributed by atoms with Crippen molar-refractivity contribution in [1.82, 2.24) is 14.5 Å². The molecule has 0 bridgehead atoms. The van der Waals surface area contributed by atoms with Crippen molar-refractivity contribution >= 4 is 33.7 Å². The molecule has 1 aromatic heterocycles. The number of anilines is 1. The third-order valence-electron chi connectivity index (χ3n) is 4.11. The molecule has 2 aromatic carbocycles. The number of hydrogen-bond acceptors (Lipinski definition) is 7. The van der Waals surface area contributed by atoms with Crippen molar-refractivity contribution in [1.29, 1.82) is 0 Å². The molecule has 0 radical (unpaired) electrons. The first-order valence-electron chi connectivity index (χ1n) is 9.20. The maximum atomic E-state index is 12.1. The van der Waals surface area contributed by atoms with Crippen LogP contribution in [-0.2, 0) is 14.8 Å². The Morgan fingerprint density at radius 1 is 1.07 bits per heavy atom. The second-order valence-electron chi connectivity index (χ2n) is 6.54. The van der Waals surface area contributed by atoms with E-state index in [1.165, 1.54) is 31.1 Å². The number of nitrogens with zero attached hydrogens (tertiary/aromatic N) is 3. The largest absolute Gasteiger partial charge is 0.403 e. The van der Waals surface area contributed by atoms with E-state index in [1.807, 2.05) is 30.3 Å². The summed E-state index contributed by atoms with van der Waals surface area (Å²) in [6, 6.07) is 16.1. The number of nitrogens with one attached hydrogen (secondary N) is 1. The highest BCUT2D eigenvalue weighted by Gasteiger charge is 2.18. The fraction of sp³-hybridized carbons (Fsp3) is 0.250. The third kappa shape index (κ3) is 5.68. The number of hydrogen-bond donors (Lipinski definition) is 1. The van der Waals surface area contributed by atoms with Gasteiger partial charge in [0.2, 0.25) is 21.8 Å². The monoisotopic (exact) mass is 446 g/mol. The van der Waals surface area contributed by atoms with Gasteiger partial charge in [-0.2, -0.15) is 0 Å². The second kappa shape index (κ2) is 9.88. The summed E-state index contributed by atoms with van der Waals surface area (Å²) in [4.78, 5) is 13.4. The summed E-state index contributed by atoms with van der Waals surface area (Å²) in [5, 5.41) is 10.3. The van der Waals surface area contributed by atoms with Crippen LogP contribution in [0, 0.1) is 0 Å². The highest BCUT2D eigenvalue weighted by Crippen LogP contribution is 2.23. The molecule has 0 aliphatic carbocycles. The van der Waals surface area contributed by atoms with Gasteiger partial charge in [0.05, 0.1) is 4.90 Å². The van der Waals surface area contributed by atoms with Gasteiger partial charge in [0, 0.05) is 31.0 Å². The molecule has 158 valence electrons.